The lowest BCUT2D eigenvalue weighted by Gasteiger charge is -2.11. The monoisotopic (exact) mass is 510 g/mol. The number of carbonyl (C=O) groups excluding carboxylic acids is 2. The van der Waals surface area contributed by atoms with Crippen LogP contribution in [0.4, 0.5) is 0 Å². The Balaban J connectivity index is 3.31. The Morgan fingerprint density at radius 1 is 0.444 bits per heavy atom. The summed E-state index contributed by atoms with van der Waals surface area (Å²) in [4.78, 5) is 23.5. The average Bonchev–Trinajstić information content (AvgIpc) is 2.83. The van der Waals surface area contributed by atoms with Gasteiger partial charge >= 0.3 is 11.9 Å². The lowest BCUT2D eigenvalue weighted by molar-refractivity contribution is -0.145. The minimum atomic E-state index is -0.0155. The zero-order chi connectivity index (χ0) is 26.9. The number of rotatable bonds is 26. The van der Waals surface area contributed by atoms with Crippen molar-refractivity contribution >= 4 is 11.9 Å². The highest BCUT2D eigenvalue weighted by molar-refractivity contribution is 5.69. The Morgan fingerprint density at radius 3 is 1.28 bits per heavy atom. The Labute approximate surface area is 225 Å². The lowest BCUT2D eigenvalue weighted by Crippen LogP contribution is -2.08. The van der Waals surface area contributed by atoms with Crippen LogP contribution in [0, 0.1) is 17.8 Å². The van der Waals surface area contributed by atoms with E-state index in [0.717, 1.165) is 44.9 Å². The maximum Gasteiger partial charge on any atom is 0.305 e. The third-order valence-corrected chi connectivity index (χ3v) is 7.05. The van der Waals surface area contributed by atoms with Crippen molar-refractivity contribution in [3.8, 4) is 0 Å². The summed E-state index contributed by atoms with van der Waals surface area (Å²) in [6.07, 6.45) is 23.0. The van der Waals surface area contributed by atoms with Gasteiger partial charge < -0.3 is 9.47 Å². The highest BCUT2D eigenvalue weighted by atomic mass is 16.5. The summed E-state index contributed by atoms with van der Waals surface area (Å²) in [5.74, 6) is 1.95. The molecule has 0 spiro atoms. The van der Waals surface area contributed by atoms with Crippen LogP contribution in [-0.2, 0) is 19.1 Å². The molecule has 0 heterocycles. The van der Waals surface area contributed by atoms with Crippen LogP contribution >= 0.6 is 0 Å². The minimum Gasteiger partial charge on any atom is -0.466 e. The van der Waals surface area contributed by atoms with Gasteiger partial charge in [0.15, 0.2) is 0 Å². The Morgan fingerprint density at radius 2 is 0.833 bits per heavy atom. The first-order chi connectivity index (χ1) is 17.3. The van der Waals surface area contributed by atoms with Gasteiger partial charge in [-0.3, -0.25) is 9.59 Å². The summed E-state index contributed by atoms with van der Waals surface area (Å²) in [7, 11) is 0. The molecular formula is C32H62O4. The fourth-order valence-electron chi connectivity index (χ4n) is 4.54. The summed E-state index contributed by atoms with van der Waals surface area (Å²) in [5, 5.41) is 0. The summed E-state index contributed by atoms with van der Waals surface area (Å²) in [6.45, 7) is 12.3. The van der Waals surface area contributed by atoms with Crippen LogP contribution < -0.4 is 0 Å². The van der Waals surface area contributed by atoms with Gasteiger partial charge in [0, 0.05) is 12.8 Å². The van der Waals surface area contributed by atoms with Crippen molar-refractivity contribution in [1.82, 2.24) is 0 Å². The van der Waals surface area contributed by atoms with Crippen molar-refractivity contribution in [3.63, 3.8) is 0 Å². The smallest absolute Gasteiger partial charge is 0.305 e. The van der Waals surface area contributed by atoms with Crippen molar-refractivity contribution in [3.05, 3.63) is 0 Å². The van der Waals surface area contributed by atoms with Crippen LogP contribution in [-0.4, -0.2) is 25.2 Å². The molecule has 214 valence electrons. The van der Waals surface area contributed by atoms with E-state index in [0.29, 0.717) is 43.8 Å². The zero-order valence-corrected chi connectivity index (χ0v) is 24.9. The molecule has 0 saturated heterocycles. The number of hydrogen-bond donors (Lipinski definition) is 0. The molecule has 0 bridgehead atoms. The van der Waals surface area contributed by atoms with Gasteiger partial charge in [0.25, 0.3) is 0 Å². The fraction of sp³-hybridized carbons (Fsp3) is 0.938. The molecule has 0 aliphatic heterocycles. The van der Waals surface area contributed by atoms with Crippen molar-refractivity contribution in [2.75, 3.05) is 13.2 Å². The summed E-state index contributed by atoms with van der Waals surface area (Å²) >= 11 is 0. The van der Waals surface area contributed by atoms with E-state index in [1.54, 1.807) is 0 Å². The van der Waals surface area contributed by atoms with E-state index in [1.165, 1.54) is 70.6 Å². The van der Waals surface area contributed by atoms with E-state index in [4.69, 9.17) is 9.47 Å². The first kappa shape index (κ1) is 34.9. The van der Waals surface area contributed by atoms with E-state index in [1.807, 2.05) is 0 Å². The van der Waals surface area contributed by atoms with Gasteiger partial charge in [-0.2, -0.15) is 0 Å². The topological polar surface area (TPSA) is 52.6 Å². The SMILES string of the molecule is CC(C)CCCOC(=O)CCCCCCCCCCCCCCC(C)CCC(=O)OCCCC(C)C. The van der Waals surface area contributed by atoms with Crippen LogP contribution in [0.1, 0.15) is 163 Å². The molecule has 0 fully saturated rings. The van der Waals surface area contributed by atoms with E-state index >= 15 is 0 Å². The first-order valence-corrected chi connectivity index (χ1v) is 15.6. The van der Waals surface area contributed by atoms with Crippen molar-refractivity contribution < 1.29 is 19.1 Å². The molecular weight excluding hydrogens is 448 g/mol. The van der Waals surface area contributed by atoms with Crippen molar-refractivity contribution in [1.29, 1.82) is 0 Å². The predicted octanol–water partition coefficient (Wildman–Crippen LogP) is 9.82. The highest BCUT2D eigenvalue weighted by Crippen LogP contribution is 2.18. The van der Waals surface area contributed by atoms with Crippen molar-refractivity contribution in [2.45, 2.75) is 163 Å². The van der Waals surface area contributed by atoms with Crippen LogP contribution in [0.3, 0.4) is 0 Å². The Hall–Kier alpha value is -1.06. The molecule has 0 aliphatic carbocycles. The molecule has 4 heteroatoms. The maximum absolute atomic E-state index is 11.8. The third kappa shape index (κ3) is 27.5. The second-order valence-electron chi connectivity index (χ2n) is 11.9. The van der Waals surface area contributed by atoms with Gasteiger partial charge in [0.1, 0.15) is 0 Å². The van der Waals surface area contributed by atoms with Gasteiger partial charge in [-0.05, 0) is 56.3 Å². The number of unbranched alkanes of at least 4 members (excludes halogenated alkanes) is 11. The molecule has 0 aliphatic rings. The lowest BCUT2D eigenvalue weighted by atomic mass is 9.97. The standard InChI is InChI=1S/C32H62O4/c1-28(2)20-18-26-35-31(33)23-17-15-13-11-9-7-6-8-10-12-14-16-22-30(5)24-25-32(34)36-27-19-21-29(3)4/h28-30H,6-27H2,1-5H3. The van der Waals surface area contributed by atoms with Gasteiger partial charge in [-0.1, -0.05) is 112 Å². The Bertz CT molecular complexity index is 500. The normalized spacial score (nSPS) is 12.3. The molecule has 0 radical (unpaired) electrons. The van der Waals surface area contributed by atoms with Crippen molar-refractivity contribution in [2.24, 2.45) is 17.8 Å². The average molecular weight is 511 g/mol. The van der Waals surface area contributed by atoms with E-state index in [2.05, 4.69) is 34.6 Å². The number of ether oxygens (including phenoxy) is 2. The van der Waals surface area contributed by atoms with Crippen LogP contribution in [0.15, 0.2) is 0 Å². The van der Waals surface area contributed by atoms with E-state index < -0.39 is 0 Å². The summed E-state index contributed by atoms with van der Waals surface area (Å²) < 4.78 is 10.6. The molecule has 0 aromatic heterocycles. The fourth-order valence-corrected chi connectivity index (χ4v) is 4.54. The maximum atomic E-state index is 11.8. The molecule has 36 heavy (non-hydrogen) atoms. The van der Waals surface area contributed by atoms with E-state index in [-0.39, 0.29) is 11.9 Å². The van der Waals surface area contributed by atoms with Crippen LogP contribution in [0.25, 0.3) is 0 Å². The van der Waals surface area contributed by atoms with Crippen LogP contribution in [0.2, 0.25) is 0 Å². The Kier molecular flexibility index (Phi) is 24.8. The first-order valence-electron chi connectivity index (χ1n) is 15.6. The molecule has 0 amide bonds. The second kappa shape index (κ2) is 25.6. The third-order valence-electron chi connectivity index (χ3n) is 7.05. The molecule has 0 saturated carbocycles. The van der Waals surface area contributed by atoms with Gasteiger partial charge in [0.2, 0.25) is 0 Å². The van der Waals surface area contributed by atoms with Gasteiger partial charge in [-0.25, -0.2) is 0 Å². The number of esters is 2. The summed E-state index contributed by atoms with van der Waals surface area (Å²) in [6, 6.07) is 0. The molecule has 0 aromatic rings. The van der Waals surface area contributed by atoms with Crippen LogP contribution in [0.5, 0.6) is 0 Å². The molecule has 0 aromatic carbocycles. The van der Waals surface area contributed by atoms with Gasteiger partial charge in [-0.15, -0.1) is 0 Å². The quantitative estimate of drug-likeness (QED) is 0.0858. The summed E-state index contributed by atoms with van der Waals surface area (Å²) in [5.41, 5.74) is 0. The molecule has 1 unspecified atom stereocenters. The second-order valence-corrected chi connectivity index (χ2v) is 11.9. The van der Waals surface area contributed by atoms with Gasteiger partial charge in [0.05, 0.1) is 13.2 Å². The largest absolute Gasteiger partial charge is 0.466 e. The predicted molar refractivity (Wildman–Crippen MR) is 153 cm³/mol. The molecule has 1 atom stereocenters. The molecule has 0 N–H and O–H groups in total. The zero-order valence-electron chi connectivity index (χ0n) is 24.9. The number of hydrogen-bond acceptors (Lipinski definition) is 4. The number of carbonyl (C=O) groups is 2. The molecule has 0 rings (SSSR count). The highest BCUT2D eigenvalue weighted by Gasteiger charge is 2.08. The molecule has 4 nitrogen and oxygen atoms in total. The minimum absolute atomic E-state index is 0.0131. The van der Waals surface area contributed by atoms with E-state index in [9.17, 15) is 9.59 Å².